The average molecular weight is 632 g/mol. The van der Waals surface area contributed by atoms with E-state index in [1.54, 1.807) is 48.5 Å². The van der Waals surface area contributed by atoms with Crippen LogP contribution < -0.4 is 9.62 Å². The fourth-order valence-corrected chi connectivity index (χ4v) is 6.52. The largest absolute Gasteiger partial charge is 0.354 e. The van der Waals surface area contributed by atoms with E-state index in [9.17, 15) is 18.0 Å². The molecule has 0 aromatic heterocycles. The number of rotatable bonds is 13. The lowest BCUT2D eigenvalue weighted by atomic mass is 10.0. The number of hydrogen-bond acceptors (Lipinski definition) is 4. The Morgan fingerprint density at radius 1 is 0.818 bits per heavy atom. The predicted molar refractivity (Wildman–Crippen MR) is 176 cm³/mol. The van der Waals surface area contributed by atoms with Crippen LogP contribution in [0.1, 0.15) is 35.6 Å². The molecule has 4 aromatic carbocycles. The maximum Gasteiger partial charge on any atom is 0.264 e. The van der Waals surface area contributed by atoms with E-state index in [2.05, 4.69) is 5.32 Å². The second kappa shape index (κ2) is 15.0. The van der Waals surface area contributed by atoms with Crippen molar-refractivity contribution in [2.75, 3.05) is 17.4 Å². The first-order valence-corrected chi connectivity index (χ1v) is 16.4. The van der Waals surface area contributed by atoms with Crippen LogP contribution >= 0.6 is 11.6 Å². The Bertz CT molecular complexity index is 1680. The summed E-state index contributed by atoms with van der Waals surface area (Å²) in [6.45, 7) is 5.79. The SMILES string of the molecule is CCCNC(=O)[C@@H](Cc1ccccc1)N(Cc1cccc(Cl)c1)C(=O)CN(c1ccc(C)c(C)c1)S(=O)(=O)c1ccccc1. The van der Waals surface area contributed by atoms with Crippen molar-refractivity contribution in [2.24, 2.45) is 0 Å². The maximum atomic E-state index is 14.5. The molecule has 0 saturated heterocycles. The standard InChI is InChI=1S/C35H38ClN3O4S/c1-4-20-37-35(41)33(23-28-12-7-5-8-13-28)38(24-29-14-11-15-30(36)22-29)34(40)25-39(31-19-18-26(2)27(3)21-31)44(42,43)32-16-9-6-10-17-32/h5-19,21-22,33H,4,20,23-25H2,1-3H3,(H,37,41)/t33-/m1/s1. The number of hydrogen-bond donors (Lipinski definition) is 1. The molecule has 0 spiro atoms. The maximum absolute atomic E-state index is 14.5. The van der Waals surface area contributed by atoms with Crippen LogP contribution in [0.4, 0.5) is 5.69 Å². The second-order valence-corrected chi connectivity index (χ2v) is 13.0. The van der Waals surface area contributed by atoms with E-state index in [1.165, 1.54) is 17.0 Å². The van der Waals surface area contributed by atoms with Gasteiger partial charge < -0.3 is 10.2 Å². The van der Waals surface area contributed by atoms with Crippen LogP contribution in [0.15, 0.2) is 108 Å². The molecule has 0 unspecified atom stereocenters. The number of sulfonamides is 1. The van der Waals surface area contributed by atoms with Gasteiger partial charge in [0.15, 0.2) is 0 Å². The molecule has 7 nitrogen and oxygen atoms in total. The molecule has 0 fully saturated rings. The number of benzene rings is 4. The Hall–Kier alpha value is -4.14. The molecule has 2 amide bonds. The topological polar surface area (TPSA) is 86.8 Å². The summed E-state index contributed by atoms with van der Waals surface area (Å²) in [7, 11) is -4.15. The van der Waals surface area contributed by atoms with Gasteiger partial charge in [0.1, 0.15) is 12.6 Å². The van der Waals surface area contributed by atoms with E-state index in [0.717, 1.165) is 33.0 Å². The predicted octanol–water partition coefficient (Wildman–Crippen LogP) is 6.32. The van der Waals surface area contributed by atoms with Crippen molar-refractivity contribution in [3.05, 3.63) is 130 Å². The second-order valence-electron chi connectivity index (χ2n) is 10.7. The van der Waals surface area contributed by atoms with E-state index in [1.807, 2.05) is 63.2 Å². The minimum atomic E-state index is -4.15. The molecule has 9 heteroatoms. The van der Waals surface area contributed by atoms with Crippen molar-refractivity contribution in [3.8, 4) is 0 Å². The molecule has 0 bridgehead atoms. The van der Waals surface area contributed by atoms with Gasteiger partial charge in [-0.25, -0.2) is 8.42 Å². The molecule has 0 heterocycles. The third-order valence-corrected chi connectivity index (χ3v) is 9.47. The van der Waals surface area contributed by atoms with Crippen LogP contribution in [0.5, 0.6) is 0 Å². The van der Waals surface area contributed by atoms with Crippen molar-refractivity contribution in [1.82, 2.24) is 10.2 Å². The molecule has 0 aliphatic heterocycles. The summed E-state index contributed by atoms with van der Waals surface area (Å²) in [5.74, 6) is -0.829. The van der Waals surface area contributed by atoms with Gasteiger partial charge in [-0.1, -0.05) is 85.3 Å². The minimum absolute atomic E-state index is 0.0581. The zero-order valence-electron chi connectivity index (χ0n) is 25.2. The van der Waals surface area contributed by atoms with Gasteiger partial charge in [0.05, 0.1) is 10.6 Å². The number of carbonyl (C=O) groups is 2. The van der Waals surface area contributed by atoms with E-state index in [4.69, 9.17) is 11.6 Å². The van der Waals surface area contributed by atoms with Gasteiger partial charge in [-0.3, -0.25) is 13.9 Å². The summed E-state index contributed by atoms with van der Waals surface area (Å²) >= 11 is 6.30. The lowest BCUT2D eigenvalue weighted by Crippen LogP contribution is -2.53. The van der Waals surface area contributed by atoms with Crippen molar-refractivity contribution in [1.29, 1.82) is 0 Å². The lowest BCUT2D eigenvalue weighted by Gasteiger charge is -2.34. The Kier molecular flexibility index (Phi) is 11.2. The third kappa shape index (κ3) is 8.27. The molecule has 1 N–H and O–H groups in total. The smallest absolute Gasteiger partial charge is 0.264 e. The van der Waals surface area contributed by atoms with Crippen LogP contribution in [0.2, 0.25) is 5.02 Å². The number of aryl methyl sites for hydroxylation is 2. The fraction of sp³-hybridized carbons (Fsp3) is 0.257. The monoisotopic (exact) mass is 631 g/mol. The zero-order valence-corrected chi connectivity index (χ0v) is 26.8. The van der Waals surface area contributed by atoms with E-state index in [0.29, 0.717) is 17.3 Å². The summed E-state index contributed by atoms with van der Waals surface area (Å²) in [4.78, 5) is 29.7. The summed E-state index contributed by atoms with van der Waals surface area (Å²) in [5, 5.41) is 3.44. The summed E-state index contributed by atoms with van der Waals surface area (Å²) in [5.41, 5.74) is 3.84. The van der Waals surface area contributed by atoms with E-state index < -0.39 is 28.5 Å². The zero-order chi connectivity index (χ0) is 31.7. The average Bonchev–Trinajstić information content (AvgIpc) is 3.02. The molecule has 0 radical (unpaired) electrons. The molecule has 4 rings (SSSR count). The number of carbonyl (C=O) groups excluding carboxylic acids is 2. The highest BCUT2D eigenvalue weighted by Crippen LogP contribution is 2.27. The van der Waals surface area contributed by atoms with Gasteiger partial charge in [-0.05, 0) is 78.9 Å². The summed E-state index contributed by atoms with van der Waals surface area (Å²) in [6.07, 6.45) is 0.972. The van der Waals surface area contributed by atoms with Gasteiger partial charge in [0.25, 0.3) is 10.0 Å². The molecular formula is C35H38ClN3O4S. The summed E-state index contributed by atoms with van der Waals surface area (Å²) < 4.78 is 29.3. The molecule has 0 aliphatic rings. The Labute approximate surface area is 265 Å². The van der Waals surface area contributed by atoms with Crippen molar-refractivity contribution in [3.63, 3.8) is 0 Å². The van der Waals surface area contributed by atoms with E-state index in [-0.39, 0.29) is 23.8 Å². The number of anilines is 1. The van der Waals surface area contributed by atoms with Gasteiger partial charge >= 0.3 is 0 Å². The van der Waals surface area contributed by atoms with Gasteiger partial charge in [-0.2, -0.15) is 0 Å². The molecular weight excluding hydrogens is 594 g/mol. The van der Waals surface area contributed by atoms with Crippen molar-refractivity contribution >= 4 is 39.1 Å². The van der Waals surface area contributed by atoms with E-state index >= 15 is 0 Å². The van der Waals surface area contributed by atoms with Crippen LogP contribution in [-0.2, 0) is 32.6 Å². The molecule has 0 saturated carbocycles. The number of nitrogens with zero attached hydrogens (tertiary/aromatic N) is 2. The fourth-order valence-electron chi connectivity index (χ4n) is 4.88. The van der Waals surface area contributed by atoms with Crippen LogP contribution in [0.3, 0.4) is 0 Å². The normalized spacial score (nSPS) is 11.9. The molecule has 44 heavy (non-hydrogen) atoms. The molecule has 230 valence electrons. The Morgan fingerprint density at radius 2 is 1.48 bits per heavy atom. The van der Waals surface area contributed by atoms with Crippen molar-refractivity contribution < 1.29 is 18.0 Å². The van der Waals surface area contributed by atoms with Gasteiger partial charge in [0.2, 0.25) is 11.8 Å². The molecule has 4 aromatic rings. The first kappa shape index (κ1) is 32.8. The first-order valence-electron chi connectivity index (χ1n) is 14.6. The Morgan fingerprint density at radius 3 is 2.11 bits per heavy atom. The van der Waals surface area contributed by atoms with Crippen molar-refractivity contribution in [2.45, 2.75) is 51.1 Å². The van der Waals surface area contributed by atoms with Crippen LogP contribution in [0.25, 0.3) is 0 Å². The van der Waals surface area contributed by atoms with Gasteiger partial charge in [-0.15, -0.1) is 0 Å². The number of amides is 2. The Balaban J connectivity index is 1.81. The molecule has 1 atom stereocenters. The minimum Gasteiger partial charge on any atom is -0.354 e. The highest BCUT2D eigenvalue weighted by Gasteiger charge is 2.34. The van der Waals surface area contributed by atoms with Gasteiger partial charge in [0, 0.05) is 24.5 Å². The lowest BCUT2D eigenvalue weighted by molar-refractivity contribution is -0.140. The third-order valence-electron chi connectivity index (χ3n) is 7.45. The number of halogens is 1. The van der Waals surface area contributed by atoms with Crippen LogP contribution in [-0.4, -0.2) is 44.3 Å². The quantitative estimate of drug-likeness (QED) is 0.187. The first-order chi connectivity index (χ1) is 21.1. The summed E-state index contributed by atoms with van der Waals surface area (Å²) in [6, 6.07) is 29.0. The molecule has 0 aliphatic carbocycles. The number of nitrogens with one attached hydrogen (secondary N) is 1. The highest BCUT2D eigenvalue weighted by molar-refractivity contribution is 7.92. The van der Waals surface area contributed by atoms with Crippen LogP contribution in [0, 0.1) is 13.8 Å². The highest BCUT2D eigenvalue weighted by atomic mass is 35.5.